The number of H-pyrrole nitrogens is 1. The first kappa shape index (κ1) is 19.8. The van der Waals surface area contributed by atoms with Crippen LogP contribution in [0.4, 0.5) is 10.1 Å². The highest BCUT2D eigenvalue weighted by Gasteiger charge is 2.29. The van der Waals surface area contributed by atoms with Gasteiger partial charge in [0.05, 0.1) is 10.7 Å². The average molecular weight is 425 g/mol. The van der Waals surface area contributed by atoms with E-state index < -0.39 is 5.92 Å². The summed E-state index contributed by atoms with van der Waals surface area (Å²) in [6, 6.07) is 12.8. The summed E-state index contributed by atoms with van der Waals surface area (Å²) in [6.07, 6.45) is 1.51. The number of amides is 2. The van der Waals surface area contributed by atoms with E-state index >= 15 is 0 Å². The Morgan fingerprint density at radius 1 is 1.20 bits per heavy atom. The fourth-order valence-electron chi connectivity index (χ4n) is 3.39. The molecule has 1 atom stereocenters. The van der Waals surface area contributed by atoms with Crippen molar-refractivity contribution in [3.8, 4) is 11.3 Å². The Balaban J connectivity index is 1.61. The van der Waals surface area contributed by atoms with E-state index in [1.807, 2.05) is 13.0 Å². The van der Waals surface area contributed by atoms with Gasteiger partial charge in [0.25, 0.3) is 5.91 Å². The molecular formula is C22H18ClFN4O2. The van der Waals surface area contributed by atoms with Gasteiger partial charge in [-0.05, 0) is 48.9 Å². The summed E-state index contributed by atoms with van der Waals surface area (Å²) in [7, 11) is 0. The van der Waals surface area contributed by atoms with E-state index in [4.69, 9.17) is 11.6 Å². The van der Waals surface area contributed by atoms with Crippen LogP contribution in [0.2, 0.25) is 5.02 Å². The van der Waals surface area contributed by atoms with Crippen molar-refractivity contribution in [3.05, 3.63) is 82.4 Å². The van der Waals surface area contributed by atoms with E-state index in [9.17, 15) is 14.0 Å². The number of aromatic nitrogens is 2. The molecule has 0 saturated heterocycles. The second-order valence-electron chi connectivity index (χ2n) is 7.06. The van der Waals surface area contributed by atoms with Crippen molar-refractivity contribution in [2.45, 2.75) is 19.3 Å². The number of nitrogens with zero attached hydrogens (tertiary/aromatic N) is 1. The quantitative estimate of drug-likeness (QED) is 0.583. The van der Waals surface area contributed by atoms with E-state index in [0.29, 0.717) is 33.1 Å². The Morgan fingerprint density at radius 2 is 1.97 bits per heavy atom. The minimum absolute atomic E-state index is 0.100. The van der Waals surface area contributed by atoms with Crippen LogP contribution in [0.5, 0.6) is 0 Å². The van der Waals surface area contributed by atoms with E-state index in [1.165, 1.54) is 18.3 Å². The zero-order valence-corrected chi connectivity index (χ0v) is 16.8. The molecule has 3 aromatic rings. The van der Waals surface area contributed by atoms with Gasteiger partial charge in [-0.25, -0.2) is 4.39 Å². The maximum absolute atomic E-state index is 13.3. The second-order valence-corrected chi connectivity index (χ2v) is 7.47. The molecule has 0 radical (unpaired) electrons. The normalized spacial score (nSPS) is 16.0. The number of hydrogen-bond acceptors (Lipinski definition) is 3. The number of anilines is 1. The van der Waals surface area contributed by atoms with E-state index in [-0.39, 0.29) is 24.1 Å². The average Bonchev–Trinajstić information content (AvgIpc) is 3.16. The first-order chi connectivity index (χ1) is 14.4. The lowest BCUT2D eigenvalue weighted by atomic mass is 9.86. The molecular weight excluding hydrogens is 407 g/mol. The molecule has 3 N–H and O–H groups in total. The van der Waals surface area contributed by atoms with Crippen LogP contribution in [-0.4, -0.2) is 22.0 Å². The summed E-state index contributed by atoms with van der Waals surface area (Å²) in [6.45, 7) is 1.88. The van der Waals surface area contributed by atoms with Crippen LogP contribution in [-0.2, 0) is 9.59 Å². The number of halogens is 2. The van der Waals surface area contributed by atoms with Crippen molar-refractivity contribution in [2.24, 2.45) is 0 Å². The topological polar surface area (TPSA) is 86.9 Å². The predicted molar refractivity (Wildman–Crippen MR) is 112 cm³/mol. The number of rotatable bonds is 4. The molecule has 8 heteroatoms. The second kappa shape index (κ2) is 8.12. The van der Waals surface area contributed by atoms with E-state index in [0.717, 1.165) is 5.69 Å². The zero-order chi connectivity index (χ0) is 21.3. The van der Waals surface area contributed by atoms with Crippen LogP contribution in [0.25, 0.3) is 11.3 Å². The van der Waals surface area contributed by atoms with Crippen LogP contribution in [0.3, 0.4) is 0 Å². The first-order valence-electron chi connectivity index (χ1n) is 9.29. The first-order valence-corrected chi connectivity index (χ1v) is 9.66. The number of nitrogens with one attached hydrogen (secondary N) is 3. The molecule has 6 nitrogen and oxygen atoms in total. The van der Waals surface area contributed by atoms with Crippen molar-refractivity contribution in [3.63, 3.8) is 0 Å². The Morgan fingerprint density at radius 3 is 2.67 bits per heavy atom. The van der Waals surface area contributed by atoms with Gasteiger partial charge in [0, 0.05) is 41.1 Å². The van der Waals surface area contributed by atoms with Gasteiger partial charge in [0.2, 0.25) is 5.91 Å². The molecule has 4 rings (SSSR count). The lowest BCUT2D eigenvalue weighted by molar-refractivity contribution is -0.121. The fraction of sp³-hybridized carbons (Fsp3) is 0.136. The largest absolute Gasteiger partial charge is 0.332 e. The lowest BCUT2D eigenvalue weighted by Gasteiger charge is -2.24. The third-order valence-corrected chi connectivity index (χ3v) is 5.22. The molecule has 0 bridgehead atoms. The van der Waals surface area contributed by atoms with Gasteiger partial charge in [-0.2, -0.15) is 5.10 Å². The molecule has 1 aliphatic rings. The molecule has 2 heterocycles. The third kappa shape index (κ3) is 4.11. The number of aromatic amines is 1. The van der Waals surface area contributed by atoms with Gasteiger partial charge >= 0.3 is 0 Å². The van der Waals surface area contributed by atoms with Crippen LogP contribution in [0.15, 0.2) is 60.3 Å². The van der Waals surface area contributed by atoms with Gasteiger partial charge in [0.15, 0.2) is 0 Å². The fourth-order valence-corrected chi connectivity index (χ4v) is 3.60. The summed E-state index contributed by atoms with van der Waals surface area (Å²) in [5, 5.41) is 13.0. The summed E-state index contributed by atoms with van der Waals surface area (Å²) in [5.74, 6) is -1.42. The van der Waals surface area contributed by atoms with Gasteiger partial charge in [-0.1, -0.05) is 23.7 Å². The van der Waals surface area contributed by atoms with Crippen molar-refractivity contribution in [1.82, 2.24) is 15.5 Å². The Hall–Kier alpha value is -3.45. The number of carbonyl (C=O) groups excluding carboxylic acids is 2. The summed E-state index contributed by atoms with van der Waals surface area (Å²) in [5.41, 5.74) is 3.85. The summed E-state index contributed by atoms with van der Waals surface area (Å²) >= 11 is 6.30. The highest BCUT2D eigenvalue weighted by molar-refractivity contribution is 6.33. The van der Waals surface area contributed by atoms with Gasteiger partial charge < -0.3 is 10.6 Å². The smallest absolute Gasteiger partial charge is 0.253 e. The minimum atomic E-state index is -0.472. The molecule has 30 heavy (non-hydrogen) atoms. The maximum Gasteiger partial charge on any atom is 0.253 e. The van der Waals surface area contributed by atoms with Crippen molar-refractivity contribution >= 4 is 29.1 Å². The number of benzene rings is 2. The van der Waals surface area contributed by atoms with Crippen molar-refractivity contribution < 1.29 is 14.0 Å². The molecule has 1 aliphatic heterocycles. The van der Waals surface area contributed by atoms with Crippen molar-refractivity contribution in [2.75, 3.05) is 5.32 Å². The van der Waals surface area contributed by atoms with Crippen molar-refractivity contribution in [1.29, 1.82) is 0 Å². The SMILES string of the molecule is Cc1cc(-c2cc(NC(=O)C3=CNC(=O)CC3c3ccc(F)cc3)ccc2Cl)n[nH]1. The molecule has 152 valence electrons. The third-order valence-electron chi connectivity index (χ3n) is 4.89. The molecule has 0 fully saturated rings. The van der Waals surface area contributed by atoms with Gasteiger partial charge in [-0.15, -0.1) is 0 Å². The Kier molecular flexibility index (Phi) is 5.37. The summed E-state index contributed by atoms with van der Waals surface area (Å²) in [4.78, 5) is 24.9. The van der Waals surface area contributed by atoms with Gasteiger partial charge in [0.1, 0.15) is 5.82 Å². The molecule has 2 amide bonds. The molecule has 1 aromatic heterocycles. The van der Waals surface area contributed by atoms with E-state index in [2.05, 4.69) is 20.8 Å². The number of hydrogen-bond donors (Lipinski definition) is 3. The van der Waals surface area contributed by atoms with Crippen LogP contribution in [0, 0.1) is 12.7 Å². The highest BCUT2D eigenvalue weighted by Crippen LogP contribution is 2.33. The zero-order valence-electron chi connectivity index (χ0n) is 16.0. The Labute approximate surface area is 177 Å². The van der Waals surface area contributed by atoms with Crippen LogP contribution in [0.1, 0.15) is 23.6 Å². The predicted octanol–water partition coefficient (Wildman–Crippen LogP) is 4.30. The highest BCUT2D eigenvalue weighted by atomic mass is 35.5. The maximum atomic E-state index is 13.3. The molecule has 1 unspecified atom stereocenters. The van der Waals surface area contributed by atoms with Crippen LogP contribution < -0.4 is 10.6 Å². The lowest BCUT2D eigenvalue weighted by Crippen LogP contribution is -2.31. The molecule has 0 aliphatic carbocycles. The standard InChI is InChI=1S/C22H18ClFN4O2/c1-12-8-20(28-27-12)17-9-15(6-7-19(17)23)26-22(30)18-11-25-21(29)10-16(18)13-2-4-14(24)5-3-13/h2-9,11,16H,10H2,1H3,(H,25,29)(H,26,30)(H,27,28). The molecule has 0 saturated carbocycles. The Bertz CT molecular complexity index is 1150. The number of carbonyl (C=O) groups is 2. The van der Waals surface area contributed by atoms with Crippen LogP contribution >= 0.6 is 11.6 Å². The minimum Gasteiger partial charge on any atom is -0.332 e. The molecule has 0 spiro atoms. The number of aryl methyl sites for hydroxylation is 1. The molecule has 2 aromatic carbocycles. The van der Waals surface area contributed by atoms with Gasteiger partial charge in [-0.3, -0.25) is 14.7 Å². The monoisotopic (exact) mass is 424 g/mol. The van der Waals surface area contributed by atoms with E-state index in [1.54, 1.807) is 30.3 Å². The summed E-state index contributed by atoms with van der Waals surface area (Å²) < 4.78 is 13.3.